The summed E-state index contributed by atoms with van der Waals surface area (Å²) < 4.78 is 6.17. The molecule has 2 saturated heterocycles. The maximum atomic E-state index is 13.5. The monoisotopic (exact) mass is 530 g/mol. The van der Waals surface area contributed by atoms with Crippen molar-refractivity contribution in [1.29, 1.82) is 0 Å². The summed E-state index contributed by atoms with van der Waals surface area (Å²) in [6.45, 7) is 3.23. The molecule has 3 amide bonds. The molecule has 4 rings (SSSR count). The topological polar surface area (TPSA) is 113 Å². The predicted molar refractivity (Wildman–Crippen MR) is 126 cm³/mol. The van der Waals surface area contributed by atoms with E-state index in [-0.39, 0.29) is 24.2 Å². The van der Waals surface area contributed by atoms with Gasteiger partial charge in [-0.1, -0.05) is 22.0 Å². The third-order valence-electron chi connectivity index (χ3n) is 5.91. The minimum atomic E-state index is -0.996. The number of nitrogens with zero attached hydrogens (tertiary/aromatic N) is 4. The molecule has 1 atom stereocenters. The van der Waals surface area contributed by atoms with Gasteiger partial charge in [-0.2, -0.15) is 0 Å². The summed E-state index contributed by atoms with van der Waals surface area (Å²) in [6, 6.07) is 11.2. The van der Waals surface area contributed by atoms with Crippen LogP contribution in [0.1, 0.15) is 16.8 Å². The number of imide groups is 1. The summed E-state index contributed by atoms with van der Waals surface area (Å²) >= 11 is 3.34. The van der Waals surface area contributed by atoms with E-state index in [0.29, 0.717) is 38.5 Å². The number of carbonyl (C=O) groups excluding carboxylic acids is 3. The maximum absolute atomic E-state index is 13.5. The normalized spacial score (nSPS) is 18.9. The standard InChI is InChI=1S/C23H23BrN4O6/c24-17-4-6-18(7-5-17)27-21(29)15-20(23(27)31)26(9-8-25-10-12-34-13-11-25)22(30)16-2-1-3-19(14-16)28(32)33/h1-7,14,20H,8-13,15H2. The van der Waals surface area contributed by atoms with Gasteiger partial charge < -0.3 is 9.64 Å². The molecule has 10 nitrogen and oxygen atoms in total. The highest BCUT2D eigenvalue weighted by atomic mass is 79.9. The van der Waals surface area contributed by atoms with E-state index in [0.717, 1.165) is 9.37 Å². The number of morpholine rings is 1. The molecule has 2 aromatic carbocycles. The second-order valence-corrected chi connectivity index (χ2v) is 8.94. The molecule has 0 bridgehead atoms. The van der Waals surface area contributed by atoms with E-state index in [1.807, 2.05) is 0 Å². The van der Waals surface area contributed by atoms with Gasteiger partial charge in [-0.15, -0.1) is 0 Å². The van der Waals surface area contributed by atoms with Gasteiger partial charge in [-0.25, -0.2) is 4.90 Å². The molecule has 178 valence electrons. The van der Waals surface area contributed by atoms with Gasteiger partial charge in [-0.05, 0) is 30.3 Å². The Labute approximate surface area is 204 Å². The molecule has 0 aromatic heterocycles. The van der Waals surface area contributed by atoms with Gasteiger partial charge in [0.25, 0.3) is 17.5 Å². The van der Waals surface area contributed by atoms with E-state index in [2.05, 4.69) is 20.8 Å². The number of anilines is 1. The zero-order valence-electron chi connectivity index (χ0n) is 18.3. The number of nitro groups is 1. The number of amides is 3. The number of hydrogen-bond acceptors (Lipinski definition) is 7. The average molecular weight is 531 g/mol. The fourth-order valence-electron chi connectivity index (χ4n) is 4.11. The highest BCUT2D eigenvalue weighted by Crippen LogP contribution is 2.28. The number of rotatable bonds is 7. The predicted octanol–water partition coefficient (Wildman–Crippen LogP) is 2.46. The van der Waals surface area contributed by atoms with Gasteiger partial charge in [0.05, 0.1) is 30.2 Å². The van der Waals surface area contributed by atoms with Crippen LogP contribution in [-0.4, -0.2) is 77.9 Å². The Morgan fingerprint density at radius 1 is 1.15 bits per heavy atom. The summed E-state index contributed by atoms with van der Waals surface area (Å²) in [4.78, 5) is 54.9. The zero-order chi connectivity index (χ0) is 24.2. The molecule has 0 N–H and O–H groups in total. The largest absolute Gasteiger partial charge is 0.379 e. The van der Waals surface area contributed by atoms with Crippen LogP contribution in [0, 0.1) is 10.1 Å². The smallest absolute Gasteiger partial charge is 0.270 e. The van der Waals surface area contributed by atoms with Gasteiger partial charge in [0.1, 0.15) is 6.04 Å². The molecule has 2 aliphatic heterocycles. The Kier molecular flexibility index (Phi) is 7.35. The first-order chi connectivity index (χ1) is 16.3. The second kappa shape index (κ2) is 10.4. The first kappa shape index (κ1) is 24.0. The van der Waals surface area contributed by atoms with Crippen LogP contribution in [0.3, 0.4) is 0 Å². The first-order valence-electron chi connectivity index (χ1n) is 10.8. The number of benzene rings is 2. The van der Waals surface area contributed by atoms with Crippen molar-refractivity contribution in [3.05, 3.63) is 68.7 Å². The van der Waals surface area contributed by atoms with Gasteiger partial charge >= 0.3 is 0 Å². The molecule has 1 unspecified atom stereocenters. The lowest BCUT2D eigenvalue weighted by molar-refractivity contribution is -0.384. The summed E-state index contributed by atoms with van der Waals surface area (Å²) in [5, 5.41) is 11.2. The van der Waals surface area contributed by atoms with Crippen LogP contribution in [0.15, 0.2) is 53.0 Å². The fourth-order valence-corrected chi connectivity index (χ4v) is 4.38. The highest BCUT2D eigenvalue weighted by molar-refractivity contribution is 9.10. The maximum Gasteiger partial charge on any atom is 0.270 e. The van der Waals surface area contributed by atoms with Crippen molar-refractivity contribution < 1.29 is 24.0 Å². The van der Waals surface area contributed by atoms with Crippen molar-refractivity contribution in [2.24, 2.45) is 0 Å². The Balaban J connectivity index is 1.61. The number of nitro benzene ring substituents is 1. The number of non-ortho nitro benzene ring substituents is 1. The van der Waals surface area contributed by atoms with Gasteiger partial charge in [0, 0.05) is 48.3 Å². The summed E-state index contributed by atoms with van der Waals surface area (Å²) in [6.07, 6.45) is -0.154. The van der Waals surface area contributed by atoms with Gasteiger partial charge in [-0.3, -0.25) is 29.4 Å². The van der Waals surface area contributed by atoms with Crippen molar-refractivity contribution in [2.45, 2.75) is 12.5 Å². The van der Waals surface area contributed by atoms with Crippen LogP contribution >= 0.6 is 15.9 Å². The Morgan fingerprint density at radius 3 is 2.53 bits per heavy atom. The lowest BCUT2D eigenvalue weighted by atomic mass is 10.1. The second-order valence-electron chi connectivity index (χ2n) is 8.02. The minimum Gasteiger partial charge on any atom is -0.379 e. The fraction of sp³-hybridized carbons (Fsp3) is 0.348. The highest BCUT2D eigenvalue weighted by Gasteiger charge is 2.44. The van der Waals surface area contributed by atoms with Crippen molar-refractivity contribution in [1.82, 2.24) is 9.80 Å². The van der Waals surface area contributed by atoms with Crippen LogP contribution in [0.4, 0.5) is 11.4 Å². The van der Waals surface area contributed by atoms with Crippen LogP contribution in [-0.2, 0) is 14.3 Å². The molecule has 2 heterocycles. The molecule has 0 aliphatic carbocycles. The number of ether oxygens (including phenoxy) is 1. The van der Waals surface area contributed by atoms with Crippen LogP contribution in [0.5, 0.6) is 0 Å². The third-order valence-corrected chi connectivity index (χ3v) is 6.44. The molecule has 2 aromatic rings. The molecule has 0 saturated carbocycles. The van der Waals surface area contributed by atoms with Crippen molar-refractivity contribution in [3.8, 4) is 0 Å². The quantitative estimate of drug-likeness (QED) is 0.307. The van der Waals surface area contributed by atoms with Crippen molar-refractivity contribution >= 4 is 45.0 Å². The van der Waals surface area contributed by atoms with Gasteiger partial charge in [0.15, 0.2) is 0 Å². The molecule has 34 heavy (non-hydrogen) atoms. The van der Waals surface area contributed by atoms with Crippen molar-refractivity contribution in [2.75, 3.05) is 44.3 Å². The Hall–Kier alpha value is -3.15. The summed E-state index contributed by atoms with van der Waals surface area (Å²) in [7, 11) is 0. The van der Waals surface area contributed by atoms with E-state index in [1.54, 1.807) is 24.3 Å². The van der Waals surface area contributed by atoms with E-state index < -0.39 is 28.7 Å². The van der Waals surface area contributed by atoms with Crippen molar-refractivity contribution in [3.63, 3.8) is 0 Å². The summed E-state index contributed by atoms with van der Waals surface area (Å²) in [5.41, 5.74) is 0.305. The van der Waals surface area contributed by atoms with Crippen LogP contribution in [0.25, 0.3) is 0 Å². The molecule has 2 fully saturated rings. The SMILES string of the molecule is O=C1CC(N(CCN2CCOCC2)C(=O)c2cccc([N+](=O)[O-])c2)C(=O)N1c1ccc(Br)cc1. The molecule has 2 aliphatic rings. The van der Waals surface area contributed by atoms with Gasteiger partial charge in [0.2, 0.25) is 5.91 Å². The van der Waals surface area contributed by atoms with E-state index in [9.17, 15) is 24.5 Å². The molecule has 0 radical (unpaired) electrons. The van der Waals surface area contributed by atoms with Crippen LogP contribution < -0.4 is 4.90 Å². The first-order valence-corrected chi connectivity index (χ1v) is 11.6. The van der Waals surface area contributed by atoms with Crippen LogP contribution in [0.2, 0.25) is 0 Å². The lowest BCUT2D eigenvalue weighted by Crippen LogP contribution is -2.49. The Bertz CT molecular complexity index is 1100. The molecule has 11 heteroatoms. The lowest BCUT2D eigenvalue weighted by Gasteiger charge is -2.32. The summed E-state index contributed by atoms with van der Waals surface area (Å²) in [5.74, 6) is -1.42. The average Bonchev–Trinajstić information content (AvgIpc) is 3.14. The minimum absolute atomic E-state index is 0.0959. The number of halogens is 1. The number of hydrogen-bond donors (Lipinski definition) is 0. The van der Waals surface area contributed by atoms with E-state index in [4.69, 9.17) is 4.74 Å². The molecular weight excluding hydrogens is 508 g/mol. The molecule has 0 spiro atoms. The van der Waals surface area contributed by atoms with E-state index in [1.165, 1.54) is 29.2 Å². The third kappa shape index (κ3) is 5.16. The van der Waals surface area contributed by atoms with E-state index >= 15 is 0 Å². The molecular formula is C23H23BrN4O6. The zero-order valence-corrected chi connectivity index (χ0v) is 19.8. The number of carbonyl (C=O) groups is 3. The Morgan fingerprint density at radius 2 is 1.85 bits per heavy atom.